The molecule has 3 aromatic heterocycles. The van der Waals surface area contributed by atoms with Crippen LogP contribution in [0, 0.1) is 11.6 Å². The van der Waals surface area contributed by atoms with E-state index in [1.807, 2.05) is 25.3 Å². The molecule has 3 atom stereocenters. The van der Waals surface area contributed by atoms with Gasteiger partial charge in [-0.2, -0.15) is 9.97 Å². The molecule has 1 unspecified atom stereocenters. The second-order valence-electron chi connectivity index (χ2n) is 13.0. The van der Waals surface area contributed by atoms with Crippen molar-refractivity contribution in [3.63, 3.8) is 0 Å². The van der Waals surface area contributed by atoms with Crippen LogP contribution in [0.1, 0.15) is 56.2 Å². The highest BCUT2D eigenvalue weighted by atomic mass is 19.1. The number of nitrogens with zero attached hydrogens (tertiary/aromatic N) is 6. The van der Waals surface area contributed by atoms with Crippen molar-refractivity contribution in [1.29, 1.82) is 0 Å². The number of phenols is 1. The second-order valence-corrected chi connectivity index (χ2v) is 13.0. The summed E-state index contributed by atoms with van der Waals surface area (Å²) in [4.78, 5) is 22.6. The molecule has 3 aliphatic rings. The number of ether oxygens (including phenoxy) is 1. The molecule has 3 saturated heterocycles. The summed E-state index contributed by atoms with van der Waals surface area (Å²) in [6, 6.07) is 9.74. The summed E-state index contributed by atoms with van der Waals surface area (Å²) in [5.41, 5.74) is 1.21. The Balaban J connectivity index is 1.29. The fourth-order valence-electron chi connectivity index (χ4n) is 8.11. The SMILES string of the molecule is CCc1c(F)ccc2cc(O)cc(-c3ncc4c(N5CCCC5c5cccnc5)nc(OC[C@@]56CCCN5C[C@H](F)C6)nc4c3F)c12. The molecule has 11 heteroatoms. The van der Waals surface area contributed by atoms with Crippen LogP contribution in [-0.4, -0.2) is 67.9 Å². The van der Waals surface area contributed by atoms with E-state index in [0.717, 1.165) is 37.8 Å². The van der Waals surface area contributed by atoms with E-state index in [1.54, 1.807) is 18.5 Å². The zero-order valence-corrected chi connectivity index (χ0v) is 26.1. The molecule has 0 radical (unpaired) electrons. The monoisotopic (exact) mass is 640 g/mol. The molecule has 8 rings (SSSR count). The van der Waals surface area contributed by atoms with Gasteiger partial charge in [-0.05, 0) is 84.8 Å². The fourth-order valence-corrected chi connectivity index (χ4v) is 8.11. The Bertz CT molecular complexity index is 2000. The van der Waals surface area contributed by atoms with E-state index < -0.39 is 23.3 Å². The van der Waals surface area contributed by atoms with E-state index in [9.17, 15) is 9.50 Å². The van der Waals surface area contributed by atoms with Gasteiger partial charge in [-0.15, -0.1) is 0 Å². The third-order valence-electron chi connectivity index (χ3n) is 10.2. The maximum Gasteiger partial charge on any atom is 0.319 e. The lowest BCUT2D eigenvalue weighted by atomic mass is 9.94. The smallest absolute Gasteiger partial charge is 0.319 e. The van der Waals surface area contributed by atoms with Crippen LogP contribution in [0.3, 0.4) is 0 Å². The lowest BCUT2D eigenvalue weighted by Gasteiger charge is -2.31. The Kier molecular flexibility index (Phi) is 7.39. The van der Waals surface area contributed by atoms with E-state index in [4.69, 9.17) is 9.72 Å². The molecule has 0 aliphatic carbocycles. The van der Waals surface area contributed by atoms with E-state index >= 15 is 8.78 Å². The molecule has 242 valence electrons. The first-order chi connectivity index (χ1) is 22.8. The first-order valence-electron chi connectivity index (χ1n) is 16.3. The van der Waals surface area contributed by atoms with E-state index in [1.165, 1.54) is 18.2 Å². The van der Waals surface area contributed by atoms with Crippen LogP contribution in [0.2, 0.25) is 0 Å². The number of benzene rings is 2. The summed E-state index contributed by atoms with van der Waals surface area (Å²) < 4.78 is 52.8. The Labute approximate surface area is 270 Å². The van der Waals surface area contributed by atoms with Gasteiger partial charge in [0.05, 0.1) is 17.0 Å². The van der Waals surface area contributed by atoms with E-state index in [-0.39, 0.29) is 41.2 Å². The molecule has 47 heavy (non-hydrogen) atoms. The topological polar surface area (TPSA) is 87.5 Å². The minimum Gasteiger partial charge on any atom is -0.508 e. The van der Waals surface area contributed by atoms with Crippen molar-refractivity contribution in [2.75, 3.05) is 31.1 Å². The van der Waals surface area contributed by atoms with Crippen LogP contribution in [-0.2, 0) is 6.42 Å². The molecule has 8 nitrogen and oxygen atoms in total. The van der Waals surface area contributed by atoms with Gasteiger partial charge in [0, 0.05) is 43.7 Å². The third kappa shape index (κ3) is 5.02. The summed E-state index contributed by atoms with van der Waals surface area (Å²) in [6.07, 6.45) is 8.47. The van der Waals surface area contributed by atoms with Gasteiger partial charge in [0.1, 0.15) is 41.4 Å². The van der Waals surface area contributed by atoms with Crippen molar-refractivity contribution >= 4 is 27.5 Å². The van der Waals surface area contributed by atoms with Crippen molar-refractivity contribution in [3.8, 4) is 23.0 Å². The first kappa shape index (κ1) is 29.9. The predicted molar refractivity (Wildman–Crippen MR) is 173 cm³/mol. The quantitative estimate of drug-likeness (QED) is 0.202. The minimum absolute atomic E-state index is 0.00461. The number of anilines is 1. The van der Waals surface area contributed by atoms with Crippen LogP contribution >= 0.6 is 0 Å². The number of phenolic OH excluding ortho intramolecular Hbond substituents is 1. The standard InChI is InChI=1S/C36H35F3N6O2/c1-2-25-28(38)9-8-21-14-24(46)15-26(30(21)25)32-31(39)33-27(18-41-32)34(45-13-4-7-29(45)22-6-3-11-40-17-22)43-35(42-33)47-20-36-10-5-12-44(36)19-23(37)16-36/h3,6,8-9,11,14-15,17-18,23,29,46H,2,4-5,7,10,12-13,16,19-20H2,1H3/t23-,29?,36+/m1/s1. The van der Waals surface area contributed by atoms with Crippen LogP contribution in [0.25, 0.3) is 32.9 Å². The number of alkyl halides is 1. The molecule has 0 amide bonds. The maximum absolute atomic E-state index is 17.0. The van der Waals surface area contributed by atoms with E-state index in [2.05, 4.69) is 24.8 Å². The number of hydrogen-bond donors (Lipinski definition) is 1. The van der Waals surface area contributed by atoms with Crippen molar-refractivity contribution < 1.29 is 23.0 Å². The summed E-state index contributed by atoms with van der Waals surface area (Å²) in [5, 5.41) is 12.1. The number of rotatable bonds is 7. The highest BCUT2D eigenvalue weighted by molar-refractivity contribution is 6.01. The van der Waals surface area contributed by atoms with Crippen molar-refractivity contribution in [2.45, 2.75) is 63.2 Å². The van der Waals surface area contributed by atoms with Gasteiger partial charge < -0.3 is 14.7 Å². The van der Waals surface area contributed by atoms with Gasteiger partial charge in [0.15, 0.2) is 5.82 Å². The summed E-state index contributed by atoms with van der Waals surface area (Å²) in [6.45, 7) is 3.90. The van der Waals surface area contributed by atoms with Gasteiger partial charge in [0.2, 0.25) is 0 Å². The molecule has 6 heterocycles. The Morgan fingerprint density at radius 2 is 1.98 bits per heavy atom. The second kappa shape index (κ2) is 11.6. The number of pyridine rings is 2. The van der Waals surface area contributed by atoms with Crippen LogP contribution < -0.4 is 9.64 Å². The summed E-state index contributed by atoms with van der Waals surface area (Å²) in [5.74, 6) is -0.733. The summed E-state index contributed by atoms with van der Waals surface area (Å²) in [7, 11) is 0. The van der Waals surface area contributed by atoms with Gasteiger partial charge in [-0.1, -0.05) is 19.1 Å². The predicted octanol–water partition coefficient (Wildman–Crippen LogP) is 7.08. The largest absolute Gasteiger partial charge is 0.508 e. The summed E-state index contributed by atoms with van der Waals surface area (Å²) >= 11 is 0. The average Bonchev–Trinajstić information content (AvgIpc) is 3.79. The normalized spacial score (nSPS) is 22.9. The van der Waals surface area contributed by atoms with Gasteiger partial charge in [-0.25, -0.2) is 13.2 Å². The van der Waals surface area contributed by atoms with Crippen LogP contribution in [0.15, 0.2) is 55.0 Å². The molecule has 0 bridgehead atoms. The lowest BCUT2D eigenvalue weighted by Crippen LogP contribution is -2.43. The highest BCUT2D eigenvalue weighted by Gasteiger charge is 2.49. The Morgan fingerprint density at radius 1 is 1.09 bits per heavy atom. The number of aromatic nitrogens is 4. The average molecular weight is 641 g/mol. The zero-order chi connectivity index (χ0) is 32.3. The molecule has 2 aromatic carbocycles. The number of aromatic hydroxyl groups is 1. The van der Waals surface area contributed by atoms with Gasteiger partial charge in [0.25, 0.3) is 0 Å². The molecule has 5 aromatic rings. The van der Waals surface area contributed by atoms with Crippen LogP contribution in [0.5, 0.6) is 11.8 Å². The Morgan fingerprint density at radius 3 is 2.81 bits per heavy atom. The number of fused-ring (bicyclic) bond motifs is 3. The molecule has 0 saturated carbocycles. The fraction of sp³-hybridized carbons (Fsp3) is 0.389. The third-order valence-corrected chi connectivity index (χ3v) is 10.2. The van der Waals surface area contributed by atoms with Crippen LogP contribution in [0.4, 0.5) is 19.0 Å². The molecular weight excluding hydrogens is 605 g/mol. The van der Waals surface area contributed by atoms with Crippen molar-refractivity contribution in [1.82, 2.24) is 24.8 Å². The molecule has 3 fully saturated rings. The number of aryl methyl sites for hydroxylation is 1. The zero-order valence-electron chi connectivity index (χ0n) is 26.1. The van der Waals surface area contributed by atoms with Gasteiger partial charge >= 0.3 is 6.01 Å². The van der Waals surface area contributed by atoms with Gasteiger partial charge in [-0.3, -0.25) is 14.9 Å². The Hall–Kier alpha value is -4.51. The molecule has 1 N–H and O–H groups in total. The molecule has 0 spiro atoms. The number of hydrogen-bond acceptors (Lipinski definition) is 8. The maximum atomic E-state index is 17.0. The number of halogens is 3. The highest BCUT2D eigenvalue weighted by Crippen LogP contribution is 2.43. The first-order valence-corrected chi connectivity index (χ1v) is 16.3. The van der Waals surface area contributed by atoms with Crippen molar-refractivity contribution in [3.05, 3.63) is 77.8 Å². The van der Waals surface area contributed by atoms with Crippen molar-refractivity contribution in [2.24, 2.45) is 0 Å². The molecule has 3 aliphatic heterocycles. The van der Waals surface area contributed by atoms with E-state index in [0.29, 0.717) is 53.5 Å². The molecular formula is C36H35F3N6O2. The minimum atomic E-state index is -0.919. The lowest BCUT2D eigenvalue weighted by molar-refractivity contribution is 0.107.